The van der Waals surface area contributed by atoms with Crippen LogP contribution in [0.2, 0.25) is 0 Å². The molecule has 0 spiro atoms. The molecule has 0 aliphatic heterocycles. The van der Waals surface area contributed by atoms with Crippen LogP contribution < -0.4 is 0 Å². The van der Waals surface area contributed by atoms with Crippen LogP contribution >= 0.6 is 0 Å². The predicted molar refractivity (Wildman–Crippen MR) is 74.9 cm³/mol. The van der Waals surface area contributed by atoms with E-state index in [1.165, 1.54) is 25.5 Å². The lowest BCUT2D eigenvalue weighted by Crippen LogP contribution is -2.22. The Morgan fingerprint density at radius 1 is 1.48 bits per heavy atom. The molecule has 0 saturated carbocycles. The van der Waals surface area contributed by atoms with E-state index in [1.807, 2.05) is 11.9 Å². The molecule has 0 aliphatic rings. The highest BCUT2D eigenvalue weighted by molar-refractivity contribution is 5.69. The largest absolute Gasteiger partial charge is 0.469 e. The number of nitrogens with zero attached hydrogens (tertiary/aromatic N) is 2. The summed E-state index contributed by atoms with van der Waals surface area (Å²) in [7, 11) is 3.24. The van der Waals surface area contributed by atoms with Gasteiger partial charge in [-0.1, -0.05) is 6.07 Å². The second kappa shape index (κ2) is 6.99. The molecule has 1 aromatic heterocycles. The Labute approximate surface area is 122 Å². The maximum Gasteiger partial charge on any atom is 0.306 e. The van der Waals surface area contributed by atoms with Crippen molar-refractivity contribution in [3.63, 3.8) is 0 Å². The molecule has 0 atom stereocenters. The van der Waals surface area contributed by atoms with Gasteiger partial charge in [-0.3, -0.25) is 9.69 Å². The quantitative estimate of drug-likeness (QED) is 0.766. The molecule has 2 aromatic rings. The fraction of sp³-hybridized carbons (Fsp3) is 0.333. The van der Waals surface area contributed by atoms with Gasteiger partial charge in [0.2, 0.25) is 5.89 Å². The number of benzene rings is 1. The summed E-state index contributed by atoms with van der Waals surface area (Å²) in [5.74, 6) is -0.198. The molecule has 0 bridgehead atoms. The maximum atomic E-state index is 13.2. The molecule has 1 heterocycles. The van der Waals surface area contributed by atoms with E-state index in [-0.39, 0.29) is 11.8 Å². The van der Waals surface area contributed by atoms with Crippen LogP contribution in [0.5, 0.6) is 0 Å². The third-order valence-electron chi connectivity index (χ3n) is 2.98. The zero-order valence-electron chi connectivity index (χ0n) is 12.0. The van der Waals surface area contributed by atoms with E-state index in [9.17, 15) is 9.18 Å². The monoisotopic (exact) mass is 292 g/mol. The molecular weight excluding hydrogens is 275 g/mol. The number of hydrogen-bond acceptors (Lipinski definition) is 5. The van der Waals surface area contributed by atoms with E-state index in [1.54, 1.807) is 12.1 Å². The summed E-state index contributed by atoms with van der Waals surface area (Å²) in [6, 6.07) is 6.08. The standard InChI is InChI=1S/C15H17FN2O3/c1-18(7-6-14(19)20-2)9-13-10-21-15(17-13)11-4-3-5-12(16)8-11/h3-5,8,10H,6-7,9H2,1-2H3. The van der Waals surface area contributed by atoms with Gasteiger partial charge >= 0.3 is 5.97 Å². The minimum Gasteiger partial charge on any atom is -0.469 e. The molecule has 112 valence electrons. The van der Waals surface area contributed by atoms with Crippen LogP contribution in [-0.4, -0.2) is 36.6 Å². The number of aromatic nitrogens is 1. The summed E-state index contributed by atoms with van der Waals surface area (Å²) in [6.45, 7) is 1.10. The van der Waals surface area contributed by atoms with Gasteiger partial charge in [-0.25, -0.2) is 9.37 Å². The Morgan fingerprint density at radius 3 is 3.00 bits per heavy atom. The molecule has 0 fully saturated rings. The van der Waals surface area contributed by atoms with Crippen LogP contribution in [0.1, 0.15) is 12.1 Å². The fourth-order valence-corrected chi connectivity index (χ4v) is 1.87. The first kappa shape index (κ1) is 15.2. The van der Waals surface area contributed by atoms with Gasteiger partial charge in [0.25, 0.3) is 0 Å². The smallest absolute Gasteiger partial charge is 0.306 e. The summed E-state index contributed by atoms with van der Waals surface area (Å²) < 4.78 is 23.1. The highest BCUT2D eigenvalue weighted by Gasteiger charge is 2.10. The number of methoxy groups -OCH3 is 1. The molecule has 0 N–H and O–H groups in total. The number of esters is 1. The van der Waals surface area contributed by atoms with Crippen molar-refractivity contribution >= 4 is 5.97 Å². The van der Waals surface area contributed by atoms with Crippen molar-refractivity contribution in [1.82, 2.24) is 9.88 Å². The van der Waals surface area contributed by atoms with E-state index in [2.05, 4.69) is 9.72 Å². The highest BCUT2D eigenvalue weighted by Crippen LogP contribution is 2.19. The summed E-state index contributed by atoms with van der Waals surface area (Å²) in [5.41, 5.74) is 1.32. The van der Waals surface area contributed by atoms with Gasteiger partial charge in [0, 0.05) is 18.7 Å². The predicted octanol–water partition coefficient (Wildman–Crippen LogP) is 2.48. The van der Waals surface area contributed by atoms with Crippen LogP contribution in [0.15, 0.2) is 34.9 Å². The molecular formula is C15H17FN2O3. The SMILES string of the molecule is COC(=O)CCN(C)Cc1coc(-c2cccc(F)c2)n1. The zero-order chi connectivity index (χ0) is 15.2. The van der Waals surface area contributed by atoms with Gasteiger partial charge in [0.05, 0.1) is 19.2 Å². The van der Waals surface area contributed by atoms with Crippen molar-refractivity contribution in [2.24, 2.45) is 0 Å². The van der Waals surface area contributed by atoms with Crippen LogP contribution in [0.25, 0.3) is 11.5 Å². The Morgan fingerprint density at radius 2 is 2.29 bits per heavy atom. The van der Waals surface area contributed by atoms with Crippen molar-refractivity contribution in [3.05, 3.63) is 42.0 Å². The minimum atomic E-state index is -0.331. The van der Waals surface area contributed by atoms with Crippen LogP contribution in [0.4, 0.5) is 4.39 Å². The van der Waals surface area contributed by atoms with E-state index >= 15 is 0 Å². The third kappa shape index (κ3) is 4.39. The average molecular weight is 292 g/mol. The van der Waals surface area contributed by atoms with Crippen molar-refractivity contribution in [1.29, 1.82) is 0 Å². The zero-order valence-corrected chi connectivity index (χ0v) is 12.0. The molecule has 0 radical (unpaired) electrons. The van der Waals surface area contributed by atoms with Gasteiger partial charge in [-0.05, 0) is 25.2 Å². The van der Waals surface area contributed by atoms with Gasteiger partial charge in [0.15, 0.2) is 0 Å². The minimum absolute atomic E-state index is 0.248. The molecule has 21 heavy (non-hydrogen) atoms. The number of carbonyl (C=O) groups excluding carboxylic acids is 1. The molecule has 0 aliphatic carbocycles. The van der Waals surface area contributed by atoms with Crippen molar-refractivity contribution in [2.45, 2.75) is 13.0 Å². The first-order valence-electron chi connectivity index (χ1n) is 6.54. The molecule has 0 unspecified atom stereocenters. The Bertz CT molecular complexity index is 612. The highest BCUT2D eigenvalue weighted by atomic mass is 19.1. The van der Waals surface area contributed by atoms with Crippen molar-refractivity contribution < 1.29 is 18.3 Å². The molecule has 1 aromatic carbocycles. The Kier molecular flexibility index (Phi) is 5.05. The third-order valence-corrected chi connectivity index (χ3v) is 2.98. The van der Waals surface area contributed by atoms with Crippen LogP contribution in [0, 0.1) is 5.82 Å². The second-order valence-corrected chi connectivity index (χ2v) is 4.72. The molecule has 0 amide bonds. The lowest BCUT2D eigenvalue weighted by molar-refractivity contribution is -0.140. The van der Waals surface area contributed by atoms with Gasteiger partial charge in [0.1, 0.15) is 12.1 Å². The number of carbonyl (C=O) groups is 1. The number of rotatable bonds is 6. The number of oxazole rings is 1. The summed E-state index contributed by atoms with van der Waals surface area (Å²) >= 11 is 0. The Balaban J connectivity index is 1.95. The molecule has 6 heteroatoms. The van der Waals surface area contributed by atoms with Crippen molar-refractivity contribution in [3.8, 4) is 11.5 Å². The topological polar surface area (TPSA) is 55.6 Å². The number of ether oxygens (including phenoxy) is 1. The van der Waals surface area contributed by atoms with Crippen molar-refractivity contribution in [2.75, 3.05) is 20.7 Å². The molecule has 0 saturated heterocycles. The number of halogens is 1. The van der Waals surface area contributed by atoms with Gasteiger partial charge < -0.3 is 9.15 Å². The summed E-state index contributed by atoms with van der Waals surface area (Å²) in [6.07, 6.45) is 1.86. The molecule has 5 nitrogen and oxygen atoms in total. The second-order valence-electron chi connectivity index (χ2n) is 4.72. The summed E-state index contributed by atoms with van der Waals surface area (Å²) in [5, 5.41) is 0. The van der Waals surface area contributed by atoms with E-state index in [0.717, 1.165) is 5.69 Å². The maximum absolute atomic E-state index is 13.2. The van der Waals surface area contributed by atoms with E-state index < -0.39 is 0 Å². The van der Waals surface area contributed by atoms with Gasteiger partial charge in [-0.2, -0.15) is 0 Å². The van der Waals surface area contributed by atoms with E-state index in [4.69, 9.17) is 4.42 Å². The first-order chi connectivity index (χ1) is 10.1. The lowest BCUT2D eigenvalue weighted by Gasteiger charge is -2.13. The average Bonchev–Trinajstić information content (AvgIpc) is 2.93. The van der Waals surface area contributed by atoms with Crippen LogP contribution in [-0.2, 0) is 16.1 Å². The fourth-order valence-electron chi connectivity index (χ4n) is 1.87. The van der Waals surface area contributed by atoms with E-state index in [0.29, 0.717) is 31.0 Å². The van der Waals surface area contributed by atoms with Gasteiger partial charge in [-0.15, -0.1) is 0 Å². The number of hydrogen-bond donors (Lipinski definition) is 0. The summed E-state index contributed by atoms with van der Waals surface area (Å²) in [4.78, 5) is 17.3. The molecule has 2 rings (SSSR count). The Hall–Kier alpha value is -2.21. The first-order valence-corrected chi connectivity index (χ1v) is 6.54. The van der Waals surface area contributed by atoms with Crippen LogP contribution in [0.3, 0.4) is 0 Å². The lowest BCUT2D eigenvalue weighted by atomic mass is 10.2. The normalized spacial score (nSPS) is 10.9.